The van der Waals surface area contributed by atoms with E-state index in [1.54, 1.807) is 11.3 Å². The van der Waals surface area contributed by atoms with E-state index >= 15 is 0 Å². The van der Waals surface area contributed by atoms with Gasteiger partial charge in [-0.3, -0.25) is 0 Å². The average molecular weight is 812 g/mol. The van der Waals surface area contributed by atoms with Crippen LogP contribution in [-0.4, -0.2) is 24.9 Å². The molecule has 0 amide bonds. The van der Waals surface area contributed by atoms with Crippen LogP contribution in [0.1, 0.15) is 0 Å². The normalized spacial score (nSPS) is 11.5. The van der Waals surface area contributed by atoms with E-state index in [2.05, 4.69) is 115 Å². The lowest BCUT2D eigenvalue weighted by molar-refractivity contribution is 0.667. The molecule has 4 aromatic heterocycles. The van der Waals surface area contributed by atoms with E-state index in [1.165, 1.54) is 14.8 Å². The number of aromatic nitrogens is 5. The Morgan fingerprint density at radius 2 is 0.887 bits per heavy atom. The standard InChI is InChI=1S/C55H33N5OS/c1-4-14-34(15-5-1)39-20-12-21-41(32-39)54-56-49(51-50(57-54)42-22-10-11-24-45(42)61-51)36-28-26-35(27-29-36)40-30-31-43-47(33-40)62-46-25-13-23-44(48(43)46)55-59-52(37-16-6-2-7-17-37)58-53(60-55)38-18-8-3-9-19-38/h1-33H. The predicted molar refractivity (Wildman–Crippen MR) is 254 cm³/mol. The van der Waals surface area contributed by atoms with Gasteiger partial charge in [0.2, 0.25) is 0 Å². The van der Waals surface area contributed by atoms with Gasteiger partial charge in [-0.15, -0.1) is 11.3 Å². The molecule has 290 valence electrons. The maximum absolute atomic E-state index is 6.48. The molecule has 0 aliphatic heterocycles. The lowest BCUT2D eigenvalue weighted by Gasteiger charge is -2.10. The largest absolute Gasteiger partial charge is 0.452 e. The number of para-hydroxylation sites is 1. The van der Waals surface area contributed by atoms with Crippen LogP contribution in [0.3, 0.4) is 0 Å². The fraction of sp³-hybridized carbons (Fsp3) is 0. The summed E-state index contributed by atoms with van der Waals surface area (Å²) < 4.78 is 8.85. The second-order valence-electron chi connectivity index (χ2n) is 15.2. The van der Waals surface area contributed by atoms with Crippen molar-refractivity contribution in [1.82, 2.24) is 24.9 Å². The molecule has 0 fully saturated rings. The summed E-state index contributed by atoms with van der Waals surface area (Å²) in [4.78, 5) is 25.4. The van der Waals surface area contributed by atoms with E-state index in [0.29, 0.717) is 28.9 Å². The number of benzene rings is 8. The molecule has 62 heavy (non-hydrogen) atoms. The summed E-state index contributed by atoms with van der Waals surface area (Å²) in [6.45, 7) is 0. The van der Waals surface area contributed by atoms with Crippen LogP contribution >= 0.6 is 11.3 Å². The van der Waals surface area contributed by atoms with Crippen molar-refractivity contribution in [3.05, 3.63) is 200 Å². The average Bonchev–Trinajstić information content (AvgIpc) is 3.93. The SMILES string of the molecule is c1ccc(-c2cccc(-c3nc(-c4ccc(-c5ccc6c(c5)sc5cccc(-c7nc(-c8ccccc8)nc(-c8ccccc8)n7)c56)cc4)c4oc5ccccc5c4n3)c2)cc1. The molecule has 6 nitrogen and oxygen atoms in total. The molecule has 7 heteroatoms. The third-order valence-electron chi connectivity index (χ3n) is 11.4. The molecular formula is C55H33N5OS. The van der Waals surface area contributed by atoms with Gasteiger partial charge in [0.05, 0.1) is 0 Å². The Morgan fingerprint density at radius 3 is 1.63 bits per heavy atom. The molecule has 8 aromatic carbocycles. The first kappa shape index (κ1) is 35.8. The second-order valence-corrected chi connectivity index (χ2v) is 16.3. The second kappa shape index (κ2) is 14.9. The Morgan fingerprint density at radius 1 is 0.339 bits per heavy atom. The van der Waals surface area contributed by atoms with E-state index < -0.39 is 0 Å². The molecule has 0 aliphatic rings. The van der Waals surface area contributed by atoms with Crippen molar-refractivity contribution in [2.24, 2.45) is 0 Å². The molecule has 4 heterocycles. The van der Waals surface area contributed by atoms with Crippen LogP contribution < -0.4 is 0 Å². The summed E-state index contributed by atoms with van der Waals surface area (Å²) in [6.07, 6.45) is 0. The monoisotopic (exact) mass is 811 g/mol. The summed E-state index contributed by atoms with van der Waals surface area (Å²) in [5.74, 6) is 2.60. The highest BCUT2D eigenvalue weighted by molar-refractivity contribution is 7.26. The summed E-state index contributed by atoms with van der Waals surface area (Å²) in [5.41, 5.74) is 12.3. The summed E-state index contributed by atoms with van der Waals surface area (Å²) >= 11 is 1.78. The van der Waals surface area contributed by atoms with Gasteiger partial charge in [0.25, 0.3) is 0 Å². The molecule has 0 spiro atoms. The Hall–Kier alpha value is -8.13. The highest BCUT2D eigenvalue weighted by Gasteiger charge is 2.20. The van der Waals surface area contributed by atoms with Gasteiger partial charge in [0, 0.05) is 53.4 Å². The minimum absolute atomic E-state index is 0.647. The topological polar surface area (TPSA) is 77.6 Å². The third-order valence-corrected chi connectivity index (χ3v) is 12.5. The van der Waals surface area contributed by atoms with E-state index in [1.807, 2.05) is 84.9 Å². The highest BCUT2D eigenvalue weighted by atomic mass is 32.1. The van der Waals surface area contributed by atoms with E-state index in [4.69, 9.17) is 29.3 Å². The van der Waals surface area contributed by atoms with Crippen LogP contribution in [0, 0.1) is 0 Å². The number of hydrogen-bond acceptors (Lipinski definition) is 7. The van der Waals surface area contributed by atoms with Crippen molar-refractivity contribution < 1.29 is 4.42 Å². The first-order valence-electron chi connectivity index (χ1n) is 20.5. The number of fused-ring (bicyclic) bond motifs is 6. The fourth-order valence-corrected chi connectivity index (χ4v) is 9.50. The zero-order valence-corrected chi connectivity index (χ0v) is 33.9. The molecule has 0 atom stereocenters. The Labute approximate surface area is 360 Å². The Bertz CT molecular complexity index is 3560. The summed E-state index contributed by atoms with van der Waals surface area (Å²) in [5, 5.41) is 3.27. The Kier molecular flexibility index (Phi) is 8.57. The van der Waals surface area contributed by atoms with Crippen molar-refractivity contribution in [2.45, 2.75) is 0 Å². The zero-order valence-electron chi connectivity index (χ0n) is 33.1. The van der Waals surface area contributed by atoms with Crippen molar-refractivity contribution in [1.29, 1.82) is 0 Å². The molecule has 0 aliphatic carbocycles. The quantitative estimate of drug-likeness (QED) is 0.160. The minimum atomic E-state index is 0.647. The third kappa shape index (κ3) is 6.31. The van der Waals surface area contributed by atoms with Crippen LogP contribution in [0.4, 0.5) is 0 Å². The predicted octanol–water partition coefficient (Wildman–Crippen LogP) is 14.6. The zero-order chi connectivity index (χ0) is 41.0. The first-order chi connectivity index (χ1) is 30.7. The van der Waals surface area contributed by atoms with Crippen LogP contribution in [0.25, 0.3) is 121 Å². The van der Waals surface area contributed by atoms with Crippen molar-refractivity contribution in [3.8, 4) is 79.1 Å². The number of rotatable bonds is 7. The van der Waals surface area contributed by atoms with Gasteiger partial charge < -0.3 is 4.42 Å². The summed E-state index contributed by atoms with van der Waals surface area (Å²) in [6, 6.07) is 68.8. The molecule has 0 unspecified atom stereocenters. The van der Waals surface area contributed by atoms with E-state index in [0.717, 1.165) is 77.6 Å². The molecule has 0 saturated heterocycles. The maximum atomic E-state index is 6.48. The molecule has 0 bridgehead atoms. The number of nitrogens with zero attached hydrogens (tertiary/aromatic N) is 5. The maximum Gasteiger partial charge on any atom is 0.180 e. The van der Waals surface area contributed by atoms with Crippen LogP contribution in [-0.2, 0) is 0 Å². The molecule has 12 rings (SSSR count). The molecular weight excluding hydrogens is 779 g/mol. The Balaban J connectivity index is 0.935. The van der Waals surface area contributed by atoms with Gasteiger partial charge in [-0.25, -0.2) is 24.9 Å². The van der Waals surface area contributed by atoms with Gasteiger partial charge in [-0.05, 0) is 52.6 Å². The van der Waals surface area contributed by atoms with Gasteiger partial charge in [-0.1, -0.05) is 170 Å². The van der Waals surface area contributed by atoms with Gasteiger partial charge in [0.15, 0.2) is 28.9 Å². The van der Waals surface area contributed by atoms with Crippen molar-refractivity contribution in [2.75, 3.05) is 0 Å². The van der Waals surface area contributed by atoms with Gasteiger partial charge in [0.1, 0.15) is 16.8 Å². The number of hydrogen-bond donors (Lipinski definition) is 0. The van der Waals surface area contributed by atoms with Crippen LogP contribution in [0.15, 0.2) is 205 Å². The van der Waals surface area contributed by atoms with Crippen LogP contribution in [0.5, 0.6) is 0 Å². The highest BCUT2D eigenvalue weighted by Crippen LogP contribution is 2.42. The van der Waals surface area contributed by atoms with E-state index in [-0.39, 0.29) is 0 Å². The van der Waals surface area contributed by atoms with Crippen molar-refractivity contribution >= 4 is 53.6 Å². The molecule has 0 saturated carbocycles. The first-order valence-corrected chi connectivity index (χ1v) is 21.3. The lowest BCUT2D eigenvalue weighted by atomic mass is 9.99. The molecule has 0 N–H and O–H groups in total. The summed E-state index contributed by atoms with van der Waals surface area (Å²) in [7, 11) is 0. The fourth-order valence-electron chi connectivity index (χ4n) is 8.33. The van der Waals surface area contributed by atoms with Gasteiger partial charge in [-0.2, -0.15) is 0 Å². The van der Waals surface area contributed by atoms with Gasteiger partial charge >= 0.3 is 0 Å². The van der Waals surface area contributed by atoms with Crippen LogP contribution in [0.2, 0.25) is 0 Å². The van der Waals surface area contributed by atoms with Crippen molar-refractivity contribution in [3.63, 3.8) is 0 Å². The molecule has 12 aromatic rings. The number of furan rings is 1. The lowest BCUT2D eigenvalue weighted by Crippen LogP contribution is -2.00. The minimum Gasteiger partial charge on any atom is -0.452 e. The van der Waals surface area contributed by atoms with E-state index in [9.17, 15) is 0 Å². The number of thiophene rings is 1. The molecule has 0 radical (unpaired) electrons. The smallest absolute Gasteiger partial charge is 0.180 e.